The minimum atomic E-state index is -0.436. The molecule has 0 radical (unpaired) electrons. The first-order valence-electron chi connectivity index (χ1n) is 4.29. The van der Waals surface area contributed by atoms with Crippen molar-refractivity contribution < 1.29 is 14.7 Å². The second-order valence-corrected chi connectivity index (χ2v) is 4.99. The summed E-state index contributed by atoms with van der Waals surface area (Å²) in [6, 6.07) is 4.86. The van der Waals surface area contributed by atoms with E-state index in [-0.39, 0.29) is 10.7 Å². The van der Waals surface area contributed by atoms with E-state index in [0.29, 0.717) is 5.56 Å². The zero-order valence-corrected chi connectivity index (χ0v) is 10.3. The fraction of sp³-hybridized carbons (Fsp3) is 0. The van der Waals surface area contributed by atoms with Gasteiger partial charge in [0.05, 0.1) is 4.91 Å². The van der Waals surface area contributed by atoms with Crippen LogP contribution in [-0.4, -0.2) is 16.3 Å². The smallest absolute Gasteiger partial charge is 0.290 e. The van der Waals surface area contributed by atoms with Crippen LogP contribution in [0.3, 0.4) is 0 Å². The number of nitrogens with one attached hydrogen (secondary N) is 1. The SMILES string of the molecule is O=C1NC(=O)/C(=C/c2cc(Br)ccc2O)S1. The predicted molar refractivity (Wildman–Crippen MR) is 64.9 cm³/mol. The van der Waals surface area contributed by atoms with Crippen LogP contribution in [0.1, 0.15) is 5.56 Å². The molecular formula is C10H6BrNO3S. The number of rotatable bonds is 1. The molecule has 2 rings (SSSR count). The molecule has 1 fully saturated rings. The maximum absolute atomic E-state index is 11.3. The van der Waals surface area contributed by atoms with Crippen LogP contribution in [0.5, 0.6) is 5.75 Å². The zero-order valence-electron chi connectivity index (χ0n) is 7.86. The molecule has 6 heteroatoms. The van der Waals surface area contributed by atoms with Gasteiger partial charge in [0.1, 0.15) is 5.75 Å². The summed E-state index contributed by atoms with van der Waals surface area (Å²) < 4.78 is 0.784. The number of thioether (sulfide) groups is 1. The van der Waals surface area contributed by atoms with Gasteiger partial charge >= 0.3 is 0 Å². The van der Waals surface area contributed by atoms with Crippen molar-refractivity contribution in [2.24, 2.45) is 0 Å². The van der Waals surface area contributed by atoms with Gasteiger partial charge in [0, 0.05) is 10.0 Å². The number of halogens is 1. The van der Waals surface area contributed by atoms with Crippen LogP contribution in [0.25, 0.3) is 6.08 Å². The summed E-state index contributed by atoms with van der Waals surface area (Å²) in [5.74, 6) is -0.377. The number of imide groups is 1. The van der Waals surface area contributed by atoms with E-state index >= 15 is 0 Å². The Labute approximate surface area is 104 Å². The lowest BCUT2D eigenvalue weighted by atomic mass is 10.2. The Bertz CT molecular complexity index is 513. The lowest BCUT2D eigenvalue weighted by Crippen LogP contribution is -2.17. The Morgan fingerprint density at radius 2 is 2.12 bits per heavy atom. The van der Waals surface area contributed by atoms with Crippen LogP contribution in [-0.2, 0) is 4.79 Å². The highest BCUT2D eigenvalue weighted by molar-refractivity contribution is 9.10. The standard InChI is InChI=1S/C10H6BrNO3S/c11-6-1-2-7(13)5(3-6)4-8-9(14)12-10(15)16-8/h1-4,13H,(H,12,14,15)/b8-4-. The monoisotopic (exact) mass is 299 g/mol. The fourth-order valence-electron chi connectivity index (χ4n) is 1.20. The maximum atomic E-state index is 11.3. The van der Waals surface area contributed by atoms with Gasteiger partial charge in [0.15, 0.2) is 0 Å². The van der Waals surface area contributed by atoms with Crippen LogP contribution in [0.15, 0.2) is 27.6 Å². The number of carbonyl (C=O) groups is 2. The molecule has 1 aliphatic rings. The van der Waals surface area contributed by atoms with Crippen LogP contribution < -0.4 is 5.32 Å². The van der Waals surface area contributed by atoms with E-state index in [2.05, 4.69) is 21.2 Å². The zero-order chi connectivity index (χ0) is 11.7. The summed E-state index contributed by atoms with van der Waals surface area (Å²) in [5, 5.41) is 11.3. The minimum Gasteiger partial charge on any atom is -0.507 e. The van der Waals surface area contributed by atoms with Gasteiger partial charge in [-0.3, -0.25) is 14.9 Å². The lowest BCUT2D eigenvalue weighted by molar-refractivity contribution is -0.115. The molecule has 0 aromatic heterocycles. The molecule has 0 bridgehead atoms. The van der Waals surface area contributed by atoms with Gasteiger partial charge in [-0.1, -0.05) is 15.9 Å². The summed E-state index contributed by atoms with van der Waals surface area (Å²) in [6.45, 7) is 0. The molecule has 0 spiro atoms. The van der Waals surface area contributed by atoms with Gasteiger partial charge in [0.25, 0.3) is 11.1 Å². The Balaban J connectivity index is 2.39. The summed E-state index contributed by atoms with van der Waals surface area (Å²) in [4.78, 5) is 22.5. The maximum Gasteiger partial charge on any atom is 0.290 e. The molecule has 2 amide bonds. The third-order valence-corrected chi connectivity index (χ3v) is 3.22. The number of carbonyl (C=O) groups excluding carboxylic acids is 2. The number of phenols is 1. The van der Waals surface area contributed by atoms with E-state index in [1.165, 1.54) is 12.1 Å². The summed E-state index contributed by atoms with van der Waals surface area (Å²) >= 11 is 4.08. The van der Waals surface area contributed by atoms with Crippen LogP contribution >= 0.6 is 27.7 Å². The molecule has 0 unspecified atom stereocenters. The third kappa shape index (κ3) is 2.28. The van der Waals surface area contributed by atoms with E-state index in [1.54, 1.807) is 12.1 Å². The van der Waals surface area contributed by atoms with E-state index < -0.39 is 11.1 Å². The number of hydrogen-bond acceptors (Lipinski definition) is 4. The molecule has 16 heavy (non-hydrogen) atoms. The molecule has 2 N–H and O–H groups in total. The van der Waals surface area contributed by atoms with Crippen LogP contribution in [0.2, 0.25) is 0 Å². The normalized spacial score (nSPS) is 17.9. The highest BCUT2D eigenvalue weighted by Crippen LogP contribution is 2.30. The van der Waals surface area contributed by atoms with Gasteiger partial charge < -0.3 is 5.11 Å². The van der Waals surface area contributed by atoms with Crippen molar-refractivity contribution in [3.63, 3.8) is 0 Å². The van der Waals surface area contributed by atoms with Gasteiger partial charge in [-0.2, -0.15) is 0 Å². The van der Waals surface area contributed by atoms with Crippen molar-refractivity contribution in [2.45, 2.75) is 0 Å². The highest BCUT2D eigenvalue weighted by Gasteiger charge is 2.25. The van der Waals surface area contributed by atoms with Crippen LogP contribution in [0.4, 0.5) is 4.79 Å². The number of hydrogen-bond donors (Lipinski definition) is 2. The highest BCUT2D eigenvalue weighted by atomic mass is 79.9. The van der Waals surface area contributed by atoms with Crippen molar-refractivity contribution >= 4 is 44.9 Å². The molecule has 4 nitrogen and oxygen atoms in total. The number of phenolic OH excluding ortho intramolecular Hbond substituents is 1. The van der Waals surface area contributed by atoms with Gasteiger partial charge in [-0.15, -0.1) is 0 Å². The summed E-state index contributed by atoms with van der Waals surface area (Å²) in [6.07, 6.45) is 1.48. The first-order valence-corrected chi connectivity index (χ1v) is 5.90. The molecule has 0 saturated carbocycles. The third-order valence-electron chi connectivity index (χ3n) is 1.92. The minimum absolute atomic E-state index is 0.0587. The Kier molecular flexibility index (Phi) is 3.02. The van der Waals surface area contributed by atoms with Crippen molar-refractivity contribution in [3.8, 4) is 5.75 Å². The Hall–Kier alpha value is -1.27. The first-order chi connectivity index (χ1) is 7.56. The summed E-state index contributed by atoms with van der Waals surface area (Å²) in [7, 11) is 0. The van der Waals surface area contributed by atoms with Crippen molar-refractivity contribution in [1.29, 1.82) is 0 Å². The summed E-state index contributed by atoms with van der Waals surface area (Å²) in [5.41, 5.74) is 0.488. The molecule has 1 aromatic carbocycles. The van der Waals surface area contributed by atoms with E-state index in [9.17, 15) is 14.7 Å². The molecule has 1 heterocycles. The number of benzene rings is 1. The quantitative estimate of drug-likeness (QED) is 0.782. The predicted octanol–water partition coefficient (Wildman–Crippen LogP) is 2.48. The Morgan fingerprint density at radius 1 is 1.38 bits per heavy atom. The second-order valence-electron chi connectivity index (χ2n) is 3.06. The van der Waals surface area contributed by atoms with Crippen molar-refractivity contribution in [3.05, 3.63) is 33.1 Å². The van der Waals surface area contributed by atoms with E-state index in [1.807, 2.05) is 0 Å². The molecule has 0 aliphatic carbocycles. The topological polar surface area (TPSA) is 66.4 Å². The lowest BCUT2D eigenvalue weighted by Gasteiger charge is -2.00. The average Bonchev–Trinajstić information content (AvgIpc) is 2.51. The molecule has 1 saturated heterocycles. The van der Waals surface area contributed by atoms with Gasteiger partial charge in [-0.05, 0) is 36.0 Å². The first kappa shape index (κ1) is 11.2. The number of aromatic hydroxyl groups is 1. The number of amides is 2. The molecule has 0 atom stereocenters. The fourth-order valence-corrected chi connectivity index (χ4v) is 2.26. The van der Waals surface area contributed by atoms with Crippen LogP contribution in [0, 0.1) is 0 Å². The second kappa shape index (κ2) is 4.31. The average molecular weight is 300 g/mol. The largest absolute Gasteiger partial charge is 0.507 e. The van der Waals surface area contributed by atoms with Crippen molar-refractivity contribution in [2.75, 3.05) is 0 Å². The molecule has 1 aromatic rings. The molecule has 1 aliphatic heterocycles. The van der Waals surface area contributed by atoms with Gasteiger partial charge in [0.2, 0.25) is 0 Å². The van der Waals surface area contributed by atoms with Crippen molar-refractivity contribution in [1.82, 2.24) is 5.32 Å². The van der Waals surface area contributed by atoms with Gasteiger partial charge in [-0.25, -0.2) is 0 Å². The Morgan fingerprint density at radius 3 is 2.75 bits per heavy atom. The molecule has 82 valence electrons. The molecular weight excluding hydrogens is 294 g/mol. The van der Waals surface area contributed by atoms with E-state index in [0.717, 1.165) is 16.2 Å². The van der Waals surface area contributed by atoms with E-state index in [4.69, 9.17) is 0 Å².